The van der Waals surface area contributed by atoms with Crippen molar-refractivity contribution in [3.8, 4) is 0 Å². The third-order valence-electron chi connectivity index (χ3n) is 4.43. The van der Waals surface area contributed by atoms with E-state index in [1.54, 1.807) is 0 Å². The lowest BCUT2D eigenvalue weighted by molar-refractivity contribution is 0.105. The average molecular weight is 339 g/mol. The summed E-state index contributed by atoms with van der Waals surface area (Å²) in [5.74, 6) is 0. The van der Waals surface area contributed by atoms with Gasteiger partial charge in [0.25, 0.3) is 0 Å². The van der Waals surface area contributed by atoms with Crippen LogP contribution in [0.4, 0.5) is 21.9 Å². The van der Waals surface area contributed by atoms with Crippen molar-refractivity contribution in [2.24, 2.45) is 0 Å². The first kappa shape index (κ1) is 17.3. The van der Waals surface area contributed by atoms with E-state index in [0.717, 1.165) is 42.9 Å². The second-order valence-electron chi connectivity index (χ2n) is 6.22. The fourth-order valence-electron chi connectivity index (χ4n) is 3.05. The van der Waals surface area contributed by atoms with Gasteiger partial charge in [0.2, 0.25) is 0 Å². The van der Waals surface area contributed by atoms with Crippen LogP contribution >= 0.6 is 0 Å². The quantitative estimate of drug-likeness (QED) is 0.831. The van der Waals surface area contributed by atoms with Crippen LogP contribution in [-0.2, 0) is 4.74 Å². The zero-order chi connectivity index (χ0) is 17.5. The van der Waals surface area contributed by atoms with Crippen LogP contribution in [0.2, 0.25) is 0 Å². The van der Waals surface area contributed by atoms with Crippen molar-refractivity contribution in [1.29, 1.82) is 0 Å². The summed E-state index contributed by atoms with van der Waals surface area (Å²) in [5, 5.41) is 5.87. The molecule has 1 aliphatic heterocycles. The summed E-state index contributed by atoms with van der Waals surface area (Å²) in [6, 6.07) is 17.7. The number of para-hydroxylation sites is 3. The average Bonchev–Trinajstić information content (AvgIpc) is 3.16. The number of hydrogen-bond acceptors (Lipinski definition) is 3. The van der Waals surface area contributed by atoms with Gasteiger partial charge < -0.3 is 20.3 Å². The lowest BCUT2D eigenvalue weighted by Crippen LogP contribution is -2.31. The van der Waals surface area contributed by atoms with E-state index in [4.69, 9.17) is 4.74 Å². The highest BCUT2D eigenvalue weighted by Gasteiger charge is 2.15. The van der Waals surface area contributed by atoms with Gasteiger partial charge in [-0.15, -0.1) is 0 Å². The maximum Gasteiger partial charge on any atom is 0.319 e. The molecule has 1 fully saturated rings. The van der Waals surface area contributed by atoms with Crippen molar-refractivity contribution in [2.45, 2.75) is 25.4 Å². The number of rotatable bonds is 6. The van der Waals surface area contributed by atoms with Crippen LogP contribution in [0.15, 0.2) is 54.6 Å². The molecule has 2 amide bonds. The summed E-state index contributed by atoms with van der Waals surface area (Å²) in [6.07, 6.45) is 3.36. The summed E-state index contributed by atoms with van der Waals surface area (Å²) in [6.45, 7) is 1.46. The number of carbonyl (C=O) groups is 1. The normalized spacial score (nSPS) is 16.4. The first-order valence-corrected chi connectivity index (χ1v) is 8.78. The monoisotopic (exact) mass is 339 g/mol. The molecule has 5 nitrogen and oxygen atoms in total. The summed E-state index contributed by atoms with van der Waals surface area (Å²) >= 11 is 0. The van der Waals surface area contributed by atoms with Gasteiger partial charge in [-0.1, -0.05) is 30.3 Å². The minimum absolute atomic E-state index is 0.188. The van der Waals surface area contributed by atoms with E-state index >= 15 is 0 Å². The fraction of sp³-hybridized carbons (Fsp3) is 0.350. The van der Waals surface area contributed by atoms with E-state index in [2.05, 4.69) is 15.5 Å². The molecule has 0 aliphatic carbocycles. The number of urea groups is 1. The smallest absolute Gasteiger partial charge is 0.319 e. The molecule has 2 N–H and O–H groups in total. The Labute approximate surface area is 149 Å². The molecule has 5 heteroatoms. The Morgan fingerprint density at radius 2 is 1.92 bits per heavy atom. The summed E-state index contributed by atoms with van der Waals surface area (Å²) in [7, 11) is 1.99. The molecule has 0 saturated carbocycles. The predicted octanol–water partition coefficient (Wildman–Crippen LogP) is 4.15. The Bertz CT molecular complexity index is 684. The molecule has 1 aliphatic rings. The number of anilines is 3. The molecule has 2 aromatic rings. The minimum atomic E-state index is -0.188. The van der Waals surface area contributed by atoms with E-state index in [-0.39, 0.29) is 12.1 Å². The minimum Gasteiger partial charge on any atom is -0.378 e. The fourth-order valence-corrected chi connectivity index (χ4v) is 3.05. The zero-order valence-corrected chi connectivity index (χ0v) is 14.6. The second kappa shape index (κ2) is 8.53. The number of hydrogen-bond donors (Lipinski definition) is 2. The summed E-state index contributed by atoms with van der Waals surface area (Å²) < 4.78 is 5.57. The third-order valence-corrected chi connectivity index (χ3v) is 4.43. The molecule has 1 saturated heterocycles. The van der Waals surface area contributed by atoms with Gasteiger partial charge in [-0.3, -0.25) is 0 Å². The lowest BCUT2D eigenvalue weighted by Gasteiger charge is -2.23. The van der Waals surface area contributed by atoms with Crippen LogP contribution in [0.5, 0.6) is 0 Å². The molecule has 1 heterocycles. The molecule has 25 heavy (non-hydrogen) atoms. The maximum atomic E-state index is 12.2. The molecule has 3 rings (SSSR count). The van der Waals surface area contributed by atoms with E-state index < -0.39 is 0 Å². The molecule has 0 aromatic heterocycles. The summed E-state index contributed by atoms with van der Waals surface area (Å²) in [4.78, 5) is 14.3. The Morgan fingerprint density at radius 3 is 2.68 bits per heavy atom. The van der Waals surface area contributed by atoms with E-state index in [0.29, 0.717) is 6.54 Å². The molecule has 0 bridgehead atoms. The number of carbonyl (C=O) groups excluding carboxylic acids is 1. The Kier molecular flexibility index (Phi) is 5.90. The third kappa shape index (κ3) is 4.73. The topological polar surface area (TPSA) is 53.6 Å². The highest BCUT2D eigenvalue weighted by Crippen LogP contribution is 2.30. The standard InChI is InChI=1S/C20H25N3O2/c1-23(16-8-3-2-4-9-16)19-12-6-5-11-18(19)22-20(24)21-14-13-17-10-7-15-25-17/h2-6,8-9,11-12,17H,7,10,13-15H2,1H3,(H2,21,22,24)/t17-/m0/s1. The Balaban J connectivity index is 1.59. The number of nitrogens with one attached hydrogen (secondary N) is 2. The van der Waals surface area contributed by atoms with E-state index in [1.807, 2.05) is 61.6 Å². The predicted molar refractivity (Wildman–Crippen MR) is 102 cm³/mol. The first-order chi connectivity index (χ1) is 12.2. The molecule has 0 spiro atoms. The van der Waals surface area contributed by atoms with Crippen LogP contribution in [0.25, 0.3) is 0 Å². The van der Waals surface area contributed by atoms with Gasteiger partial charge in [0.15, 0.2) is 0 Å². The van der Waals surface area contributed by atoms with Crippen LogP contribution in [-0.4, -0.2) is 32.3 Å². The van der Waals surface area contributed by atoms with E-state index in [9.17, 15) is 4.79 Å². The molecule has 0 radical (unpaired) electrons. The second-order valence-corrected chi connectivity index (χ2v) is 6.22. The molecular formula is C20H25N3O2. The van der Waals surface area contributed by atoms with Gasteiger partial charge in [-0.25, -0.2) is 4.79 Å². The van der Waals surface area contributed by atoms with Gasteiger partial charge >= 0.3 is 6.03 Å². The van der Waals surface area contributed by atoms with Gasteiger partial charge in [0.1, 0.15) is 0 Å². The van der Waals surface area contributed by atoms with Crippen molar-refractivity contribution in [3.05, 3.63) is 54.6 Å². The summed E-state index contributed by atoms with van der Waals surface area (Å²) in [5.41, 5.74) is 2.79. The van der Waals surface area contributed by atoms with Gasteiger partial charge in [0, 0.05) is 25.9 Å². The molecule has 132 valence electrons. The van der Waals surface area contributed by atoms with Crippen LogP contribution < -0.4 is 15.5 Å². The van der Waals surface area contributed by atoms with Crippen molar-refractivity contribution in [2.75, 3.05) is 30.4 Å². The number of ether oxygens (including phenoxy) is 1. The lowest BCUT2D eigenvalue weighted by atomic mass is 10.2. The van der Waals surface area contributed by atoms with Gasteiger partial charge in [-0.2, -0.15) is 0 Å². The van der Waals surface area contributed by atoms with Crippen molar-refractivity contribution in [1.82, 2.24) is 5.32 Å². The number of amides is 2. The highest BCUT2D eigenvalue weighted by molar-refractivity contribution is 5.94. The molecular weight excluding hydrogens is 314 g/mol. The van der Waals surface area contributed by atoms with Crippen LogP contribution in [0.1, 0.15) is 19.3 Å². The van der Waals surface area contributed by atoms with Gasteiger partial charge in [0.05, 0.1) is 17.5 Å². The first-order valence-electron chi connectivity index (χ1n) is 8.78. The number of benzene rings is 2. The van der Waals surface area contributed by atoms with Crippen LogP contribution in [0.3, 0.4) is 0 Å². The molecule has 0 unspecified atom stereocenters. The largest absolute Gasteiger partial charge is 0.378 e. The molecule has 2 aromatic carbocycles. The van der Waals surface area contributed by atoms with Crippen molar-refractivity contribution in [3.63, 3.8) is 0 Å². The van der Waals surface area contributed by atoms with Crippen LogP contribution in [0, 0.1) is 0 Å². The van der Waals surface area contributed by atoms with Crippen molar-refractivity contribution >= 4 is 23.1 Å². The molecule has 1 atom stereocenters. The zero-order valence-electron chi connectivity index (χ0n) is 14.6. The Morgan fingerprint density at radius 1 is 1.16 bits per heavy atom. The van der Waals surface area contributed by atoms with Gasteiger partial charge in [-0.05, 0) is 43.5 Å². The SMILES string of the molecule is CN(c1ccccc1)c1ccccc1NC(=O)NCC[C@@H]1CCCO1. The number of nitrogens with zero attached hydrogens (tertiary/aromatic N) is 1. The highest BCUT2D eigenvalue weighted by atomic mass is 16.5. The Hall–Kier alpha value is -2.53. The maximum absolute atomic E-state index is 12.2. The van der Waals surface area contributed by atoms with E-state index in [1.165, 1.54) is 0 Å². The van der Waals surface area contributed by atoms with Crippen molar-refractivity contribution < 1.29 is 9.53 Å².